The minimum Gasteiger partial charge on any atom is -0.494 e. The third-order valence-corrected chi connectivity index (χ3v) is 6.08. The molecule has 0 aromatic heterocycles. The van der Waals surface area contributed by atoms with Gasteiger partial charge >= 0.3 is 0 Å². The molecule has 1 aliphatic rings. The van der Waals surface area contributed by atoms with Crippen molar-refractivity contribution >= 4 is 0 Å². The van der Waals surface area contributed by atoms with E-state index in [4.69, 9.17) is 4.74 Å². The van der Waals surface area contributed by atoms with Crippen LogP contribution in [0.25, 0.3) is 11.1 Å². The van der Waals surface area contributed by atoms with Gasteiger partial charge in [-0.15, -0.1) is 0 Å². The maximum atomic E-state index is 14.8. The van der Waals surface area contributed by atoms with Gasteiger partial charge < -0.3 is 4.74 Å². The number of hydrogen-bond acceptors (Lipinski definition) is 1. The molecule has 3 rings (SSSR count). The highest BCUT2D eigenvalue weighted by molar-refractivity contribution is 5.66. The van der Waals surface area contributed by atoms with Gasteiger partial charge in [0.2, 0.25) is 5.82 Å². The van der Waals surface area contributed by atoms with Gasteiger partial charge in [0, 0.05) is 5.56 Å². The number of hydrogen-bond donors (Lipinski definition) is 0. The first kappa shape index (κ1) is 20.8. The fourth-order valence-electron chi connectivity index (χ4n) is 4.38. The number of unbranched alkanes of at least 4 members (excludes halogenated alkanes) is 2. The Morgan fingerprint density at radius 3 is 2.32 bits per heavy atom. The van der Waals surface area contributed by atoms with Crippen LogP contribution in [0, 0.1) is 23.4 Å². The van der Waals surface area contributed by atoms with Crippen molar-refractivity contribution in [2.45, 2.75) is 64.2 Å². The first-order valence-corrected chi connectivity index (χ1v) is 10.4. The fraction of sp³-hybridized carbons (Fsp3) is 0.500. The third-order valence-electron chi connectivity index (χ3n) is 6.08. The Morgan fingerprint density at radius 2 is 1.68 bits per heavy atom. The van der Waals surface area contributed by atoms with E-state index in [0.29, 0.717) is 11.1 Å². The molecule has 4 heteroatoms. The molecule has 0 heterocycles. The summed E-state index contributed by atoms with van der Waals surface area (Å²) in [6.45, 7) is 2.22. The van der Waals surface area contributed by atoms with Crippen LogP contribution in [0.1, 0.15) is 69.8 Å². The summed E-state index contributed by atoms with van der Waals surface area (Å²) in [4.78, 5) is 0. The molecule has 1 aliphatic carbocycles. The van der Waals surface area contributed by atoms with E-state index >= 15 is 0 Å². The molecule has 0 radical (unpaired) electrons. The largest absolute Gasteiger partial charge is 0.494 e. The van der Waals surface area contributed by atoms with Crippen molar-refractivity contribution in [1.82, 2.24) is 0 Å². The first-order chi connectivity index (χ1) is 13.5. The Balaban J connectivity index is 1.71. The molecular weight excluding hydrogens is 361 g/mol. The van der Waals surface area contributed by atoms with Crippen LogP contribution < -0.4 is 4.74 Å². The average Bonchev–Trinajstić information content (AvgIpc) is 2.71. The third kappa shape index (κ3) is 4.53. The molecule has 0 N–H and O–H groups in total. The second-order valence-corrected chi connectivity index (χ2v) is 7.89. The second-order valence-electron chi connectivity index (χ2n) is 7.89. The maximum absolute atomic E-state index is 14.8. The smallest absolute Gasteiger partial charge is 0.201 e. The maximum Gasteiger partial charge on any atom is 0.201 e. The van der Waals surface area contributed by atoms with E-state index < -0.39 is 11.6 Å². The molecule has 1 saturated carbocycles. The standard InChI is InChI=1S/C24H29F3O/c1-3-4-5-6-16-7-9-17(10-8-16)19-12-11-18(15-21(19)25)20-13-14-22(28-2)24(27)23(20)26/h11-17H,3-10H2,1-2H3. The number of methoxy groups -OCH3 is 1. The highest BCUT2D eigenvalue weighted by Crippen LogP contribution is 2.40. The topological polar surface area (TPSA) is 9.23 Å². The average molecular weight is 390 g/mol. The Morgan fingerprint density at radius 1 is 0.929 bits per heavy atom. The van der Waals surface area contributed by atoms with Gasteiger partial charge in [-0.2, -0.15) is 4.39 Å². The van der Waals surface area contributed by atoms with Crippen molar-refractivity contribution in [1.29, 1.82) is 0 Å². The van der Waals surface area contributed by atoms with Gasteiger partial charge in [0.15, 0.2) is 11.6 Å². The van der Waals surface area contributed by atoms with E-state index in [1.807, 2.05) is 0 Å². The molecule has 1 nitrogen and oxygen atoms in total. The van der Waals surface area contributed by atoms with E-state index in [1.165, 1.54) is 51.0 Å². The summed E-state index contributed by atoms with van der Waals surface area (Å²) in [5.74, 6) is -1.57. The Hall–Kier alpha value is -1.97. The lowest BCUT2D eigenvalue weighted by Gasteiger charge is -2.29. The lowest BCUT2D eigenvalue weighted by Crippen LogP contribution is -2.14. The molecule has 0 saturated heterocycles. The zero-order chi connectivity index (χ0) is 20.1. The van der Waals surface area contributed by atoms with Gasteiger partial charge in [0.05, 0.1) is 7.11 Å². The zero-order valence-corrected chi connectivity index (χ0v) is 16.7. The van der Waals surface area contributed by atoms with Crippen molar-refractivity contribution in [2.24, 2.45) is 5.92 Å². The van der Waals surface area contributed by atoms with Crippen LogP contribution in [0.4, 0.5) is 13.2 Å². The van der Waals surface area contributed by atoms with Gasteiger partial charge in [0.25, 0.3) is 0 Å². The predicted molar refractivity (Wildman–Crippen MR) is 107 cm³/mol. The molecule has 2 aromatic rings. The number of ether oxygens (including phenoxy) is 1. The summed E-state index contributed by atoms with van der Waals surface area (Å²) < 4.78 is 47.9. The predicted octanol–water partition coefficient (Wildman–Crippen LogP) is 7.63. The first-order valence-electron chi connectivity index (χ1n) is 10.4. The van der Waals surface area contributed by atoms with Crippen LogP contribution in [0.2, 0.25) is 0 Å². The molecule has 0 bridgehead atoms. The van der Waals surface area contributed by atoms with Crippen molar-refractivity contribution in [3.8, 4) is 16.9 Å². The van der Waals surface area contributed by atoms with Gasteiger partial charge in [-0.3, -0.25) is 0 Å². The number of benzene rings is 2. The summed E-state index contributed by atoms with van der Waals surface area (Å²) in [5.41, 5.74) is 1.09. The van der Waals surface area contributed by atoms with Crippen LogP contribution >= 0.6 is 0 Å². The van der Waals surface area contributed by atoms with Crippen molar-refractivity contribution in [3.05, 3.63) is 53.3 Å². The molecule has 0 spiro atoms. The monoisotopic (exact) mass is 390 g/mol. The minimum absolute atomic E-state index is 0.0448. The van der Waals surface area contributed by atoms with Crippen molar-refractivity contribution < 1.29 is 17.9 Å². The molecule has 0 aliphatic heterocycles. The van der Waals surface area contributed by atoms with Crippen LogP contribution in [0.3, 0.4) is 0 Å². The SMILES string of the molecule is CCCCCC1CCC(c2ccc(-c3ccc(OC)c(F)c3F)cc2F)CC1. The highest BCUT2D eigenvalue weighted by atomic mass is 19.2. The minimum atomic E-state index is -1.05. The zero-order valence-electron chi connectivity index (χ0n) is 16.7. The fourth-order valence-corrected chi connectivity index (χ4v) is 4.38. The van der Waals surface area contributed by atoms with E-state index in [1.54, 1.807) is 12.1 Å². The summed E-state index contributed by atoms with van der Waals surface area (Å²) >= 11 is 0. The van der Waals surface area contributed by atoms with Crippen molar-refractivity contribution in [2.75, 3.05) is 7.11 Å². The summed E-state index contributed by atoms with van der Waals surface area (Å²) in [6, 6.07) is 7.55. The van der Waals surface area contributed by atoms with Crippen LogP contribution in [-0.2, 0) is 0 Å². The molecule has 2 aromatic carbocycles. The summed E-state index contributed by atoms with van der Waals surface area (Å²) in [7, 11) is 1.28. The Bertz CT molecular complexity index is 795. The molecule has 1 fully saturated rings. The van der Waals surface area contributed by atoms with Crippen LogP contribution in [0.5, 0.6) is 5.75 Å². The second kappa shape index (κ2) is 9.49. The van der Waals surface area contributed by atoms with Gasteiger partial charge in [-0.25, -0.2) is 8.78 Å². The quantitative estimate of drug-likeness (QED) is 0.442. The van der Waals surface area contributed by atoms with Crippen LogP contribution in [0.15, 0.2) is 30.3 Å². The molecule has 28 heavy (non-hydrogen) atoms. The van der Waals surface area contributed by atoms with Gasteiger partial charge in [0.1, 0.15) is 5.82 Å². The Labute approximate surface area is 165 Å². The van der Waals surface area contributed by atoms with Crippen LogP contribution in [-0.4, -0.2) is 7.11 Å². The van der Waals surface area contributed by atoms with Gasteiger partial charge in [-0.05, 0) is 66.8 Å². The van der Waals surface area contributed by atoms with E-state index in [-0.39, 0.29) is 23.0 Å². The molecule has 0 unspecified atom stereocenters. The number of rotatable bonds is 7. The Kier molecular flexibility index (Phi) is 7.03. The van der Waals surface area contributed by atoms with E-state index in [0.717, 1.165) is 31.6 Å². The normalized spacial score (nSPS) is 19.6. The molecule has 152 valence electrons. The van der Waals surface area contributed by atoms with E-state index in [9.17, 15) is 13.2 Å². The van der Waals surface area contributed by atoms with Gasteiger partial charge in [-0.1, -0.05) is 44.7 Å². The summed E-state index contributed by atoms with van der Waals surface area (Å²) in [6.07, 6.45) is 9.40. The lowest BCUT2D eigenvalue weighted by atomic mass is 9.76. The number of halogens is 3. The molecule has 0 amide bonds. The molecular formula is C24H29F3O. The highest BCUT2D eigenvalue weighted by Gasteiger charge is 2.25. The van der Waals surface area contributed by atoms with Crippen molar-refractivity contribution in [3.63, 3.8) is 0 Å². The molecule has 0 atom stereocenters. The lowest BCUT2D eigenvalue weighted by molar-refractivity contribution is 0.299. The summed E-state index contributed by atoms with van der Waals surface area (Å²) in [5, 5.41) is 0. The van der Waals surface area contributed by atoms with E-state index in [2.05, 4.69) is 6.92 Å².